The Morgan fingerprint density at radius 2 is 1.73 bits per heavy atom. The lowest BCUT2D eigenvalue weighted by molar-refractivity contribution is -0.112. The standard InChI is InChI=1S/C30H25FN6O4/c1-30(17-38,16-34-29-33-12-13-35-37-29)36-27(39)21-5-3-4-19(14-21)20-8-11-24-23(15-20)25(28(40)32-2)26(41-24)18-6-9-22(31)10-7-18/h3-15,17H,16H2,1-2H3,(H,32,40)(H,36,39)(H,33,34,37). The number of rotatable bonds is 9. The highest BCUT2D eigenvalue weighted by molar-refractivity contribution is 6.12. The number of nitrogens with one attached hydrogen (secondary N) is 3. The van der Waals surface area contributed by atoms with E-state index in [0.717, 1.165) is 5.56 Å². The summed E-state index contributed by atoms with van der Waals surface area (Å²) in [5.74, 6) is -0.658. The van der Waals surface area contributed by atoms with Crippen molar-refractivity contribution in [1.82, 2.24) is 25.8 Å². The molecule has 1 atom stereocenters. The summed E-state index contributed by atoms with van der Waals surface area (Å²) in [5.41, 5.74) is 1.88. The molecule has 0 radical (unpaired) electrons. The summed E-state index contributed by atoms with van der Waals surface area (Å²) >= 11 is 0. The molecule has 0 aliphatic rings. The van der Waals surface area contributed by atoms with Crippen molar-refractivity contribution in [3.05, 3.63) is 96.1 Å². The summed E-state index contributed by atoms with van der Waals surface area (Å²) in [4.78, 5) is 42.0. The second kappa shape index (κ2) is 11.3. The first-order valence-electron chi connectivity index (χ1n) is 12.6. The van der Waals surface area contributed by atoms with E-state index in [0.29, 0.717) is 45.3 Å². The number of anilines is 1. The van der Waals surface area contributed by atoms with Crippen LogP contribution in [0.1, 0.15) is 27.6 Å². The van der Waals surface area contributed by atoms with Gasteiger partial charge in [0.2, 0.25) is 5.95 Å². The van der Waals surface area contributed by atoms with Gasteiger partial charge in [0.15, 0.2) is 0 Å². The topological polar surface area (TPSA) is 139 Å². The summed E-state index contributed by atoms with van der Waals surface area (Å²) in [6.07, 6.45) is 3.52. The number of hydrogen-bond donors (Lipinski definition) is 3. The number of benzene rings is 3. The van der Waals surface area contributed by atoms with Crippen LogP contribution in [-0.2, 0) is 4.79 Å². The minimum Gasteiger partial charge on any atom is -0.455 e. The molecule has 0 bridgehead atoms. The van der Waals surface area contributed by atoms with Crippen molar-refractivity contribution in [2.45, 2.75) is 12.5 Å². The summed E-state index contributed by atoms with van der Waals surface area (Å²) < 4.78 is 19.5. The molecule has 11 heteroatoms. The highest BCUT2D eigenvalue weighted by Crippen LogP contribution is 2.36. The van der Waals surface area contributed by atoms with Crippen molar-refractivity contribution in [1.29, 1.82) is 0 Å². The maximum Gasteiger partial charge on any atom is 0.255 e. The second-order valence-corrected chi connectivity index (χ2v) is 9.49. The van der Waals surface area contributed by atoms with Crippen LogP contribution in [0.15, 0.2) is 83.5 Å². The third-order valence-electron chi connectivity index (χ3n) is 6.46. The molecule has 2 heterocycles. The van der Waals surface area contributed by atoms with E-state index in [1.807, 2.05) is 12.1 Å². The van der Waals surface area contributed by atoms with Gasteiger partial charge in [0, 0.05) is 30.1 Å². The molecule has 2 amide bonds. The molecule has 5 rings (SSSR count). The third kappa shape index (κ3) is 5.78. The van der Waals surface area contributed by atoms with Crippen LogP contribution >= 0.6 is 0 Å². The molecule has 0 saturated heterocycles. The average Bonchev–Trinajstić information content (AvgIpc) is 3.39. The van der Waals surface area contributed by atoms with Crippen LogP contribution < -0.4 is 16.0 Å². The van der Waals surface area contributed by atoms with Crippen molar-refractivity contribution < 1.29 is 23.2 Å². The van der Waals surface area contributed by atoms with E-state index in [-0.39, 0.29) is 18.4 Å². The zero-order valence-electron chi connectivity index (χ0n) is 22.1. The minimum absolute atomic E-state index is 0.0451. The molecule has 0 fully saturated rings. The number of carbonyl (C=O) groups is 3. The SMILES string of the molecule is CNC(=O)c1c(-c2ccc(F)cc2)oc2ccc(-c3cccc(C(=O)NC(C)(C=O)CNc4nccnn4)c3)cc12. The van der Waals surface area contributed by atoms with Gasteiger partial charge >= 0.3 is 0 Å². The van der Waals surface area contributed by atoms with Crippen molar-refractivity contribution in [3.63, 3.8) is 0 Å². The molecule has 41 heavy (non-hydrogen) atoms. The van der Waals surface area contributed by atoms with Gasteiger partial charge in [0.25, 0.3) is 11.8 Å². The largest absolute Gasteiger partial charge is 0.455 e. The number of aromatic nitrogens is 3. The van der Waals surface area contributed by atoms with E-state index < -0.39 is 17.3 Å². The fourth-order valence-electron chi connectivity index (χ4n) is 4.31. The lowest BCUT2D eigenvalue weighted by Gasteiger charge is -2.25. The number of hydrogen-bond acceptors (Lipinski definition) is 8. The lowest BCUT2D eigenvalue weighted by Crippen LogP contribution is -2.52. The Bertz CT molecular complexity index is 1740. The van der Waals surface area contributed by atoms with Gasteiger partial charge < -0.3 is 25.2 Å². The van der Waals surface area contributed by atoms with Crippen LogP contribution in [0, 0.1) is 5.82 Å². The molecule has 0 aliphatic heterocycles. The van der Waals surface area contributed by atoms with E-state index in [4.69, 9.17) is 4.42 Å². The van der Waals surface area contributed by atoms with Gasteiger partial charge in [-0.2, -0.15) is 5.10 Å². The first-order chi connectivity index (χ1) is 19.8. The molecular weight excluding hydrogens is 527 g/mol. The van der Waals surface area contributed by atoms with Crippen LogP contribution in [0.25, 0.3) is 33.4 Å². The predicted octanol–water partition coefficient (Wildman–Crippen LogP) is 4.25. The second-order valence-electron chi connectivity index (χ2n) is 9.49. The first kappa shape index (κ1) is 27.1. The Labute approximate surface area is 234 Å². The quantitative estimate of drug-likeness (QED) is 0.231. The molecule has 1 unspecified atom stereocenters. The van der Waals surface area contributed by atoms with Crippen molar-refractivity contribution in [2.24, 2.45) is 0 Å². The molecule has 0 aliphatic carbocycles. The normalized spacial score (nSPS) is 12.4. The lowest BCUT2D eigenvalue weighted by atomic mass is 9.98. The van der Waals surface area contributed by atoms with E-state index in [9.17, 15) is 18.8 Å². The van der Waals surface area contributed by atoms with Gasteiger partial charge in [-0.15, -0.1) is 5.10 Å². The van der Waals surface area contributed by atoms with Crippen LogP contribution in [-0.4, -0.2) is 52.4 Å². The molecule has 0 spiro atoms. The number of furan rings is 1. The number of fused-ring (bicyclic) bond motifs is 1. The number of amides is 2. The van der Waals surface area contributed by atoms with E-state index in [1.54, 1.807) is 49.4 Å². The number of carbonyl (C=O) groups excluding carboxylic acids is 3. The Kier molecular flexibility index (Phi) is 7.51. The van der Waals surface area contributed by atoms with Crippen LogP contribution in [0.5, 0.6) is 0 Å². The van der Waals surface area contributed by atoms with Gasteiger partial charge in [0.1, 0.15) is 29.0 Å². The molecule has 206 valence electrons. The predicted molar refractivity (Wildman–Crippen MR) is 151 cm³/mol. The summed E-state index contributed by atoms with van der Waals surface area (Å²) in [6.45, 7) is 1.63. The molecule has 2 aromatic heterocycles. The molecule has 0 saturated carbocycles. The zero-order chi connectivity index (χ0) is 29.0. The number of aldehydes is 1. The Morgan fingerprint density at radius 3 is 2.44 bits per heavy atom. The minimum atomic E-state index is -1.25. The molecule has 3 aromatic carbocycles. The average molecular weight is 553 g/mol. The number of halogens is 1. The summed E-state index contributed by atoms with van der Waals surface area (Å²) in [6, 6.07) is 18.0. The summed E-state index contributed by atoms with van der Waals surface area (Å²) in [7, 11) is 1.52. The Morgan fingerprint density at radius 1 is 0.976 bits per heavy atom. The van der Waals surface area contributed by atoms with Crippen LogP contribution in [0.2, 0.25) is 0 Å². The van der Waals surface area contributed by atoms with Gasteiger partial charge in [-0.1, -0.05) is 18.2 Å². The molecule has 10 nitrogen and oxygen atoms in total. The van der Waals surface area contributed by atoms with Crippen LogP contribution in [0.3, 0.4) is 0 Å². The maximum absolute atomic E-state index is 13.5. The number of nitrogens with zero attached hydrogens (tertiary/aromatic N) is 3. The Balaban J connectivity index is 1.44. The van der Waals surface area contributed by atoms with Crippen molar-refractivity contribution in [2.75, 3.05) is 18.9 Å². The fourth-order valence-corrected chi connectivity index (χ4v) is 4.31. The first-order valence-corrected chi connectivity index (χ1v) is 12.6. The van der Waals surface area contributed by atoms with E-state index >= 15 is 0 Å². The molecular formula is C30H25FN6O4. The smallest absolute Gasteiger partial charge is 0.255 e. The molecule has 5 aromatic rings. The summed E-state index contributed by atoms with van der Waals surface area (Å²) in [5, 5.41) is 16.4. The monoisotopic (exact) mass is 552 g/mol. The maximum atomic E-state index is 13.5. The van der Waals surface area contributed by atoms with E-state index in [1.165, 1.54) is 31.6 Å². The highest BCUT2D eigenvalue weighted by Gasteiger charge is 2.27. The Hall–Kier alpha value is -5.45. The van der Waals surface area contributed by atoms with Crippen LogP contribution in [0.4, 0.5) is 10.3 Å². The zero-order valence-corrected chi connectivity index (χ0v) is 22.1. The van der Waals surface area contributed by atoms with Gasteiger partial charge in [-0.05, 0) is 66.6 Å². The van der Waals surface area contributed by atoms with Gasteiger partial charge in [-0.25, -0.2) is 9.37 Å². The highest BCUT2D eigenvalue weighted by atomic mass is 19.1. The van der Waals surface area contributed by atoms with E-state index in [2.05, 4.69) is 31.1 Å². The van der Waals surface area contributed by atoms with Gasteiger partial charge in [0.05, 0.1) is 18.0 Å². The fraction of sp³-hybridized carbons (Fsp3) is 0.133. The molecule has 3 N–H and O–H groups in total. The van der Waals surface area contributed by atoms with Crippen molar-refractivity contribution in [3.8, 4) is 22.5 Å². The van der Waals surface area contributed by atoms with Crippen molar-refractivity contribution >= 4 is 35.0 Å². The van der Waals surface area contributed by atoms with Gasteiger partial charge in [-0.3, -0.25) is 9.59 Å². The third-order valence-corrected chi connectivity index (χ3v) is 6.46.